The van der Waals surface area contributed by atoms with Crippen molar-refractivity contribution in [1.82, 2.24) is 24.8 Å². The molecule has 1 aliphatic carbocycles. The number of likely N-dealkylation sites (tertiary alicyclic amines) is 1. The lowest BCUT2D eigenvalue weighted by molar-refractivity contribution is -0.139. The van der Waals surface area contributed by atoms with Crippen molar-refractivity contribution in [3.63, 3.8) is 0 Å². The van der Waals surface area contributed by atoms with Gasteiger partial charge in [-0.25, -0.2) is 0 Å². The third-order valence-electron chi connectivity index (χ3n) is 7.24. The van der Waals surface area contributed by atoms with Crippen molar-refractivity contribution in [3.8, 4) is 0 Å². The number of piperidine rings is 2. The number of hydrogen-bond donors (Lipinski definition) is 0. The van der Waals surface area contributed by atoms with Gasteiger partial charge in [-0.1, -0.05) is 0 Å². The fraction of sp³-hybridized carbons (Fsp3) is 0.857. The predicted molar refractivity (Wildman–Crippen MR) is 110 cm³/mol. The minimum absolute atomic E-state index is 0.184. The molecule has 8 heteroatoms. The van der Waals surface area contributed by atoms with E-state index in [-0.39, 0.29) is 5.92 Å². The van der Waals surface area contributed by atoms with Crippen LogP contribution in [0.4, 0.5) is 5.95 Å². The molecule has 1 amide bonds. The second kappa shape index (κ2) is 8.22. The van der Waals surface area contributed by atoms with Crippen molar-refractivity contribution in [2.24, 2.45) is 5.92 Å². The van der Waals surface area contributed by atoms with Crippen LogP contribution in [0.2, 0.25) is 0 Å². The number of rotatable bonds is 4. The molecule has 8 nitrogen and oxygen atoms in total. The van der Waals surface area contributed by atoms with Crippen LogP contribution < -0.4 is 4.90 Å². The highest BCUT2D eigenvalue weighted by Gasteiger charge is 2.35. The molecule has 4 aliphatic rings. The Kier molecular flexibility index (Phi) is 5.47. The van der Waals surface area contributed by atoms with Crippen LogP contribution in [-0.2, 0) is 4.79 Å². The molecule has 3 aliphatic heterocycles. The van der Waals surface area contributed by atoms with Gasteiger partial charge in [0.05, 0.1) is 5.92 Å². The van der Waals surface area contributed by atoms with E-state index in [1.807, 2.05) is 0 Å². The number of amides is 1. The summed E-state index contributed by atoms with van der Waals surface area (Å²) in [7, 11) is 2.14. The van der Waals surface area contributed by atoms with E-state index >= 15 is 0 Å². The van der Waals surface area contributed by atoms with Gasteiger partial charge in [-0.05, 0) is 57.3 Å². The summed E-state index contributed by atoms with van der Waals surface area (Å²) in [6.07, 6.45) is 6.79. The van der Waals surface area contributed by atoms with E-state index < -0.39 is 0 Å². The summed E-state index contributed by atoms with van der Waals surface area (Å²) in [5, 5.41) is 4.20. The van der Waals surface area contributed by atoms with Crippen LogP contribution in [0.15, 0.2) is 4.52 Å². The Bertz CT molecular complexity index is 704. The van der Waals surface area contributed by atoms with Crippen molar-refractivity contribution in [2.45, 2.75) is 50.5 Å². The van der Waals surface area contributed by atoms with Crippen LogP contribution in [0.3, 0.4) is 0 Å². The Balaban J connectivity index is 1.13. The van der Waals surface area contributed by atoms with E-state index in [4.69, 9.17) is 4.52 Å². The number of piperazine rings is 1. The van der Waals surface area contributed by atoms with E-state index in [1.54, 1.807) is 0 Å². The van der Waals surface area contributed by atoms with E-state index in [0.29, 0.717) is 17.9 Å². The molecule has 3 saturated heterocycles. The van der Waals surface area contributed by atoms with E-state index in [0.717, 1.165) is 89.9 Å². The Morgan fingerprint density at radius 3 is 2.45 bits per heavy atom. The van der Waals surface area contributed by atoms with Crippen molar-refractivity contribution >= 4 is 11.9 Å². The molecule has 1 aromatic heterocycles. The number of carbonyl (C=O) groups is 1. The SMILES string of the molecule is CN1CCN(C(=O)C2CCCN(C3CCN(c4noc(C5CC5)n4)CC3)C2)CC1. The second-order valence-corrected chi connectivity index (χ2v) is 9.39. The first kappa shape index (κ1) is 19.3. The van der Waals surface area contributed by atoms with Gasteiger partial charge in [-0.3, -0.25) is 9.69 Å². The van der Waals surface area contributed by atoms with Gasteiger partial charge in [-0.15, -0.1) is 0 Å². The molecule has 1 saturated carbocycles. The molecular formula is C21H34N6O2. The highest BCUT2D eigenvalue weighted by atomic mass is 16.5. The lowest BCUT2D eigenvalue weighted by atomic mass is 9.92. The predicted octanol–water partition coefficient (Wildman–Crippen LogP) is 1.40. The van der Waals surface area contributed by atoms with E-state index in [1.165, 1.54) is 12.8 Å². The largest absolute Gasteiger partial charge is 0.340 e. The molecule has 0 radical (unpaired) electrons. The Morgan fingerprint density at radius 2 is 1.72 bits per heavy atom. The van der Waals surface area contributed by atoms with Gasteiger partial charge in [0, 0.05) is 57.8 Å². The van der Waals surface area contributed by atoms with Crippen LogP contribution >= 0.6 is 0 Å². The summed E-state index contributed by atoms with van der Waals surface area (Å²) >= 11 is 0. The van der Waals surface area contributed by atoms with Gasteiger partial charge in [0.25, 0.3) is 5.95 Å². The Morgan fingerprint density at radius 1 is 0.966 bits per heavy atom. The second-order valence-electron chi connectivity index (χ2n) is 9.39. The minimum Gasteiger partial charge on any atom is -0.340 e. The number of carbonyl (C=O) groups excluding carboxylic acids is 1. The maximum atomic E-state index is 13.0. The van der Waals surface area contributed by atoms with Gasteiger partial charge in [-0.2, -0.15) is 4.98 Å². The monoisotopic (exact) mass is 402 g/mol. The topological polar surface area (TPSA) is 69.0 Å². The number of likely N-dealkylation sites (N-methyl/N-ethyl adjacent to an activating group) is 1. The summed E-state index contributed by atoms with van der Waals surface area (Å²) < 4.78 is 5.43. The summed E-state index contributed by atoms with van der Waals surface area (Å²) in [6, 6.07) is 0.573. The standard InChI is InChI=1S/C21H34N6O2/c1-24-11-13-25(14-12-24)20(28)17-3-2-8-27(15-17)18-6-9-26(10-7-18)21-22-19(29-23-21)16-4-5-16/h16-18H,2-15H2,1H3. The fourth-order valence-electron chi connectivity index (χ4n) is 5.11. The van der Waals surface area contributed by atoms with Crippen LogP contribution in [0.5, 0.6) is 0 Å². The van der Waals surface area contributed by atoms with Crippen LogP contribution in [0.25, 0.3) is 0 Å². The summed E-state index contributed by atoms with van der Waals surface area (Å²) in [6.45, 7) is 7.78. The fourth-order valence-corrected chi connectivity index (χ4v) is 5.11. The lowest BCUT2D eigenvalue weighted by Crippen LogP contribution is -2.54. The van der Waals surface area contributed by atoms with Gasteiger partial charge < -0.3 is 19.2 Å². The molecule has 29 heavy (non-hydrogen) atoms. The quantitative estimate of drug-likeness (QED) is 0.754. The van der Waals surface area contributed by atoms with Crippen molar-refractivity contribution < 1.29 is 9.32 Å². The Labute approximate surface area is 173 Å². The molecule has 4 fully saturated rings. The highest BCUT2D eigenvalue weighted by Crippen LogP contribution is 2.39. The molecule has 1 unspecified atom stereocenters. The molecule has 0 N–H and O–H groups in total. The van der Waals surface area contributed by atoms with Gasteiger partial charge in [0.1, 0.15) is 0 Å². The molecular weight excluding hydrogens is 368 g/mol. The molecule has 1 atom stereocenters. The molecule has 0 bridgehead atoms. The summed E-state index contributed by atoms with van der Waals surface area (Å²) in [5.74, 6) is 2.68. The van der Waals surface area contributed by atoms with Crippen molar-refractivity contribution in [3.05, 3.63) is 5.89 Å². The lowest BCUT2D eigenvalue weighted by Gasteiger charge is -2.43. The van der Waals surface area contributed by atoms with Crippen LogP contribution in [0.1, 0.15) is 50.3 Å². The van der Waals surface area contributed by atoms with Gasteiger partial charge in [0.15, 0.2) is 0 Å². The van der Waals surface area contributed by atoms with Crippen LogP contribution in [0, 0.1) is 5.92 Å². The average Bonchev–Trinajstić information content (AvgIpc) is 3.51. The van der Waals surface area contributed by atoms with Crippen molar-refractivity contribution in [1.29, 1.82) is 0 Å². The zero-order valence-electron chi connectivity index (χ0n) is 17.6. The van der Waals surface area contributed by atoms with E-state index in [9.17, 15) is 4.79 Å². The smallest absolute Gasteiger partial charge is 0.266 e. The maximum absolute atomic E-state index is 13.0. The normalized spacial score (nSPS) is 28.1. The third kappa shape index (κ3) is 4.28. The summed E-state index contributed by atoms with van der Waals surface area (Å²) in [5.41, 5.74) is 0. The van der Waals surface area contributed by atoms with E-state index in [2.05, 4.69) is 36.8 Å². The minimum atomic E-state index is 0.184. The third-order valence-corrected chi connectivity index (χ3v) is 7.24. The van der Waals surface area contributed by atoms with Crippen molar-refractivity contribution in [2.75, 3.05) is 64.3 Å². The number of anilines is 1. The number of aromatic nitrogens is 2. The molecule has 5 rings (SSSR count). The first-order valence-electron chi connectivity index (χ1n) is 11.5. The summed E-state index contributed by atoms with van der Waals surface area (Å²) in [4.78, 5) is 26.9. The molecule has 0 aromatic carbocycles. The number of nitrogens with zero attached hydrogens (tertiary/aromatic N) is 6. The van der Waals surface area contributed by atoms with Gasteiger partial charge >= 0.3 is 0 Å². The highest BCUT2D eigenvalue weighted by molar-refractivity contribution is 5.79. The zero-order chi connectivity index (χ0) is 19.8. The van der Waals surface area contributed by atoms with Gasteiger partial charge in [0.2, 0.25) is 11.8 Å². The average molecular weight is 403 g/mol. The number of hydrogen-bond acceptors (Lipinski definition) is 7. The molecule has 4 heterocycles. The molecule has 160 valence electrons. The Hall–Kier alpha value is -1.67. The molecule has 0 spiro atoms. The first-order chi connectivity index (χ1) is 14.2. The maximum Gasteiger partial charge on any atom is 0.266 e. The zero-order valence-corrected chi connectivity index (χ0v) is 17.6. The first-order valence-corrected chi connectivity index (χ1v) is 11.5. The molecule has 1 aromatic rings. The van der Waals surface area contributed by atoms with Crippen LogP contribution in [-0.4, -0.2) is 96.2 Å².